The summed E-state index contributed by atoms with van der Waals surface area (Å²) < 4.78 is 24.4. The summed E-state index contributed by atoms with van der Waals surface area (Å²) in [5.74, 6) is 0.726. The Balaban J connectivity index is 3.88. The van der Waals surface area contributed by atoms with E-state index in [4.69, 9.17) is 9.47 Å². The number of hydrogen-bond donors (Lipinski definition) is 0. The summed E-state index contributed by atoms with van der Waals surface area (Å²) in [5, 5.41) is 0. The molecular weight excluding hydrogens is 207 g/mol. The lowest BCUT2D eigenvalue weighted by Gasteiger charge is -2.25. The Morgan fingerprint density at radius 1 is 1.06 bits per heavy atom. The van der Waals surface area contributed by atoms with Crippen LogP contribution in [0.5, 0.6) is 0 Å². The molecule has 0 N–H and O–H groups in total. The highest BCUT2D eigenvalue weighted by molar-refractivity contribution is 4.74. The molecule has 4 atom stereocenters. The predicted octanol–water partition coefficient (Wildman–Crippen LogP) is 3.45. The van der Waals surface area contributed by atoms with Gasteiger partial charge in [-0.3, -0.25) is 0 Å². The van der Waals surface area contributed by atoms with Crippen LogP contribution >= 0.6 is 0 Å². The van der Waals surface area contributed by atoms with Gasteiger partial charge >= 0.3 is 0 Å². The molecule has 0 fully saturated rings. The van der Waals surface area contributed by atoms with E-state index < -0.39 is 6.17 Å². The van der Waals surface area contributed by atoms with Gasteiger partial charge in [0.15, 0.2) is 0 Å². The molecule has 0 saturated heterocycles. The molecule has 0 aliphatic rings. The molecule has 3 heteroatoms. The third kappa shape index (κ3) is 5.80. The van der Waals surface area contributed by atoms with Crippen molar-refractivity contribution >= 4 is 0 Å². The first-order valence-corrected chi connectivity index (χ1v) is 6.31. The van der Waals surface area contributed by atoms with Crippen molar-refractivity contribution in [3.63, 3.8) is 0 Å². The molecule has 0 amide bonds. The quantitative estimate of drug-likeness (QED) is 0.608. The standard InChI is InChI=1S/C13H27FO2/c1-6-10(3)8-16-9-12(14)13(15-5)11(4)7-2/h10-13H,6-9H2,1-5H3. The summed E-state index contributed by atoms with van der Waals surface area (Å²) in [6.45, 7) is 9.05. The minimum absolute atomic E-state index is 0.146. The van der Waals surface area contributed by atoms with Crippen LogP contribution in [-0.4, -0.2) is 32.6 Å². The number of hydrogen-bond acceptors (Lipinski definition) is 2. The van der Waals surface area contributed by atoms with Crippen molar-refractivity contribution in [1.29, 1.82) is 0 Å². The second kappa shape index (κ2) is 8.94. The maximum absolute atomic E-state index is 13.8. The highest BCUT2D eigenvalue weighted by Gasteiger charge is 2.25. The zero-order chi connectivity index (χ0) is 12.6. The second-order valence-electron chi connectivity index (χ2n) is 4.65. The van der Waals surface area contributed by atoms with Crippen molar-refractivity contribution in [2.24, 2.45) is 11.8 Å². The molecule has 0 radical (unpaired) electrons. The Hall–Kier alpha value is -0.150. The number of ether oxygens (including phenoxy) is 2. The minimum atomic E-state index is -1.02. The van der Waals surface area contributed by atoms with Gasteiger partial charge in [-0.2, -0.15) is 0 Å². The minimum Gasteiger partial charge on any atom is -0.378 e. The number of methoxy groups -OCH3 is 1. The molecule has 0 aliphatic carbocycles. The van der Waals surface area contributed by atoms with Gasteiger partial charge in [-0.1, -0.05) is 40.5 Å². The monoisotopic (exact) mass is 234 g/mol. The summed E-state index contributed by atoms with van der Waals surface area (Å²) in [6.07, 6.45) is 0.617. The van der Waals surface area contributed by atoms with E-state index in [0.29, 0.717) is 12.5 Å². The molecule has 2 nitrogen and oxygen atoms in total. The molecule has 0 bridgehead atoms. The molecule has 0 heterocycles. The van der Waals surface area contributed by atoms with Crippen LogP contribution in [0.1, 0.15) is 40.5 Å². The van der Waals surface area contributed by atoms with E-state index in [9.17, 15) is 4.39 Å². The maximum atomic E-state index is 13.8. The van der Waals surface area contributed by atoms with Gasteiger partial charge in [-0.25, -0.2) is 4.39 Å². The molecule has 0 spiro atoms. The topological polar surface area (TPSA) is 18.5 Å². The van der Waals surface area contributed by atoms with Crippen molar-refractivity contribution in [2.75, 3.05) is 20.3 Å². The smallest absolute Gasteiger partial charge is 0.150 e. The lowest BCUT2D eigenvalue weighted by atomic mass is 9.98. The Kier molecular flexibility index (Phi) is 8.86. The number of alkyl halides is 1. The summed E-state index contributed by atoms with van der Waals surface area (Å²) >= 11 is 0. The summed E-state index contributed by atoms with van der Waals surface area (Å²) in [7, 11) is 1.57. The van der Waals surface area contributed by atoms with Crippen LogP contribution in [0.15, 0.2) is 0 Å². The van der Waals surface area contributed by atoms with E-state index in [1.54, 1.807) is 7.11 Å². The average molecular weight is 234 g/mol. The number of halogens is 1. The van der Waals surface area contributed by atoms with E-state index >= 15 is 0 Å². The maximum Gasteiger partial charge on any atom is 0.150 e. The molecular formula is C13H27FO2. The Morgan fingerprint density at radius 3 is 2.12 bits per heavy atom. The van der Waals surface area contributed by atoms with Crippen LogP contribution in [-0.2, 0) is 9.47 Å². The SMILES string of the molecule is CCC(C)COCC(F)C(OC)C(C)CC. The average Bonchev–Trinajstić information content (AvgIpc) is 2.29. The van der Waals surface area contributed by atoms with Crippen LogP contribution in [0.4, 0.5) is 4.39 Å². The van der Waals surface area contributed by atoms with Gasteiger partial charge in [0, 0.05) is 13.7 Å². The van der Waals surface area contributed by atoms with Crippen molar-refractivity contribution < 1.29 is 13.9 Å². The first-order chi connectivity index (χ1) is 7.56. The van der Waals surface area contributed by atoms with Gasteiger partial charge in [-0.15, -0.1) is 0 Å². The van der Waals surface area contributed by atoms with Gasteiger partial charge in [0.1, 0.15) is 6.17 Å². The van der Waals surface area contributed by atoms with E-state index in [-0.39, 0.29) is 18.6 Å². The second-order valence-corrected chi connectivity index (χ2v) is 4.65. The molecule has 0 rings (SSSR count). The molecule has 98 valence electrons. The molecule has 0 aromatic heterocycles. The normalized spacial score (nSPS) is 19.1. The zero-order valence-electron chi connectivity index (χ0n) is 11.3. The molecule has 0 aromatic carbocycles. The van der Waals surface area contributed by atoms with Gasteiger partial charge in [0.2, 0.25) is 0 Å². The fourth-order valence-electron chi connectivity index (χ4n) is 1.56. The van der Waals surface area contributed by atoms with Crippen LogP contribution in [0.2, 0.25) is 0 Å². The number of rotatable bonds is 9. The molecule has 4 unspecified atom stereocenters. The first-order valence-electron chi connectivity index (χ1n) is 6.31. The summed E-state index contributed by atoms with van der Waals surface area (Å²) in [5.41, 5.74) is 0. The van der Waals surface area contributed by atoms with Crippen LogP contribution in [0.25, 0.3) is 0 Å². The Bertz CT molecular complexity index is 164. The van der Waals surface area contributed by atoms with Gasteiger partial charge in [0.05, 0.1) is 12.7 Å². The van der Waals surface area contributed by atoms with Crippen molar-refractivity contribution in [3.8, 4) is 0 Å². The Morgan fingerprint density at radius 2 is 1.69 bits per heavy atom. The first kappa shape index (κ1) is 15.9. The van der Waals surface area contributed by atoms with Crippen LogP contribution < -0.4 is 0 Å². The van der Waals surface area contributed by atoms with Gasteiger partial charge in [-0.05, 0) is 11.8 Å². The third-order valence-corrected chi connectivity index (χ3v) is 3.21. The molecule has 0 saturated carbocycles. The van der Waals surface area contributed by atoms with Crippen molar-refractivity contribution in [1.82, 2.24) is 0 Å². The van der Waals surface area contributed by atoms with E-state index in [1.807, 2.05) is 13.8 Å². The van der Waals surface area contributed by atoms with E-state index in [1.165, 1.54) is 0 Å². The molecule has 0 aromatic rings. The fourth-order valence-corrected chi connectivity index (χ4v) is 1.56. The van der Waals surface area contributed by atoms with Gasteiger partial charge in [0.25, 0.3) is 0 Å². The summed E-state index contributed by atoms with van der Waals surface area (Å²) in [6, 6.07) is 0. The van der Waals surface area contributed by atoms with Gasteiger partial charge < -0.3 is 9.47 Å². The lowest BCUT2D eigenvalue weighted by Crippen LogP contribution is -2.34. The van der Waals surface area contributed by atoms with E-state index in [2.05, 4.69) is 13.8 Å². The van der Waals surface area contributed by atoms with Crippen molar-refractivity contribution in [3.05, 3.63) is 0 Å². The zero-order valence-corrected chi connectivity index (χ0v) is 11.3. The van der Waals surface area contributed by atoms with E-state index in [0.717, 1.165) is 12.8 Å². The predicted molar refractivity (Wildman–Crippen MR) is 65.4 cm³/mol. The highest BCUT2D eigenvalue weighted by atomic mass is 19.1. The lowest BCUT2D eigenvalue weighted by molar-refractivity contribution is -0.0454. The molecule has 0 aliphatic heterocycles. The fraction of sp³-hybridized carbons (Fsp3) is 1.00. The summed E-state index contributed by atoms with van der Waals surface area (Å²) in [4.78, 5) is 0. The van der Waals surface area contributed by atoms with Crippen LogP contribution in [0.3, 0.4) is 0 Å². The highest BCUT2D eigenvalue weighted by Crippen LogP contribution is 2.17. The van der Waals surface area contributed by atoms with Crippen LogP contribution in [0, 0.1) is 11.8 Å². The molecule has 16 heavy (non-hydrogen) atoms. The van der Waals surface area contributed by atoms with Crippen molar-refractivity contribution in [2.45, 2.75) is 52.8 Å². The largest absolute Gasteiger partial charge is 0.378 e. The third-order valence-electron chi connectivity index (χ3n) is 3.21. The Labute approximate surface area is 99.5 Å².